The first-order chi connectivity index (χ1) is 5.41. The Bertz CT molecular complexity index is 126. The first-order valence-corrected chi connectivity index (χ1v) is 6.86. The molecular formula is C9H22ClNSi. The molecule has 0 aromatic heterocycles. The summed E-state index contributed by atoms with van der Waals surface area (Å²) in [5.41, 5.74) is 0.204. The van der Waals surface area contributed by atoms with E-state index in [9.17, 15) is 0 Å². The zero-order chi connectivity index (χ0) is 9.78. The zero-order valence-electron chi connectivity index (χ0n) is 9.02. The minimum Gasteiger partial charge on any atom is -0.293 e. The molecule has 0 amide bonds. The van der Waals surface area contributed by atoms with E-state index in [1.165, 1.54) is 12.5 Å². The molecule has 0 rings (SSSR count). The van der Waals surface area contributed by atoms with E-state index in [4.69, 9.17) is 11.6 Å². The Labute approximate surface area is 84.3 Å². The van der Waals surface area contributed by atoms with E-state index in [1.54, 1.807) is 0 Å². The molecule has 0 heterocycles. The third-order valence-corrected chi connectivity index (χ3v) is 6.25. The van der Waals surface area contributed by atoms with Crippen LogP contribution in [-0.4, -0.2) is 34.0 Å². The van der Waals surface area contributed by atoms with E-state index in [0.717, 1.165) is 0 Å². The van der Waals surface area contributed by atoms with E-state index in [0.29, 0.717) is 5.04 Å². The van der Waals surface area contributed by atoms with Gasteiger partial charge in [-0.2, -0.15) is 0 Å². The van der Waals surface area contributed by atoms with Crippen LogP contribution in [0.4, 0.5) is 0 Å². The van der Waals surface area contributed by atoms with E-state index < -0.39 is 0 Å². The summed E-state index contributed by atoms with van der Waals surface area (Å²) in [6.07, 6.45) is 1.31. The lowest BCUT2D eigenvalue weighted by Gasteiger charge is -2.34. The molecule has 0 N–H and O–H groups in total. The number of halogens is 1. The van der Waals surface area contributed by atoms with Crippen LogP contribution in [0.5, 0.6) is 0 Å². The molecule has 0 bridgehead atoms. The molecule has 0 aliphatic carbocycles. The SMILES string of the molecule is CCC[SiH2]C(C)(C)C(Cl)N(C)C. The first-order valence-electron chi connectivity index (χ1n) is 4.72. The highest BCUT2D eigenvalue weighted by Crippen LogP contribution is 2.34. The van der Waals surface area contributed by atoms with E-state index >= 15 is 0 Å². The average molecular weight is 208 g/mol. The van der Waals surface area contributed by atoms with Crippen LogP contribution in [0.2, 0.25) is 11.1 Å². The highest BCUT2D eigenvalue weighted by atomic mass is 35.5. The van der Waals surface area contributed by atoms with E-state index in [1.807, 2.05) is 0 Å². The minimum absolute atomic E-state index is 0.0246. The summed E-state index contributed by atoms with van der Waals surface area (Å²) in [5, 5.41) is 0.362. The van der Waals surface area contributed by atoms with Crippen molar-refractivity contribution in [1.82, 2.24) is 4.90 Å². The van der Waals surface area contributed by atoms with Gasteiger partial charge in [0.1, 0.15) is 0 Å². The maximum atomic E-state index is 6.30. The molecule has 0 radical (unpaired) electrons. The maximum absolute atomic E-state index is 6.30. The second kappa shape index (κ2) is 5.25. The Kier molecular flexibility index (Phi) is 5.46. The van der Waals surface area contributed by atoms with Gasteiger partial charge < -0.3 is 0 Å². The summed E-state index contributed by atoms with van der Waals surface area (Å²) in [6, 6.07) is 1.41. The number of rotatable bonds is 5. The zero-order valence-corrected chi connectivity index (χ0v) is 11.2. The second-order valence-corrected chi connectivity index (χ2v) is 7.83. The standard InChI is InChI=1S/C9H22ClNSi/c1-6-7-12-9(2,3)8(10)11(4)5/h8H,6-7,12H2,1-5H3. The topological polar surface area (TPSA) is 3.24 Å². The molecule has 0 aliphatic heterocycles. The van der Waals surface area contributed by atoms with Crippen LogP contribution in [0.1, 0.15) is 27.2 Å². The van der Waals surface area contributed by atoms with E-state index in [2.05, 4.69) is 39.8 Å². The minimum atomic E-state index is -0.0246. The predicted octanol–water partition coefficient (Wildman–Crippen LogP) is 2.31. The molecular weight excluding hydrogens is 186 g/mol. The van der Waals surface area contributed by atoms with Gasteiger partial charge in [0.2, 0.25) is 0 Å². The van der Waals surface area contributed by atoms with Crippen molar-refractivity contribution in [3.05, 3.63) is 0 Å². The van der Waals surface area contributed by atoms with Crippen molar-refractivity contribution in [3.8, 4) is 0 Å². The molecule has 3 heteroatoms. The molecule has 0 saturated heterocycles. The number of hydrogen-bond donors (Lipinski definition) is 0. The van der Waals surface area contributed by atoms with E-state index in [-0.39, 0.29) is 15.0 Å². The van der Waals surface area contributed by atoms with Crippen LogP contribution in [0.3, 0.4) is 0 Å². The van der Waals surface area contributed by atoms with Crippen molar-refractivity contribution in [2.45, 2.75) is 43.8 Å². The van der Waals surface area contributed by atoms with Crippen LogP contribution in [0.25, 0.3) is 0 Å². The Balaban J connectivity index is 3.99. The van der Waals surface area contributed by atoms with Gasteiger partial charge in [0.25, 0.3) is 0 Å². The fourth-order valence-electron chi connectivity index (χ4n) is 1.45. The molecule has 0 fully saturated rings. The average Bonchev–Trinajstić information content (AvgIpc) is 1.99. The monoisotopic (exact) mass is 207 g/mol. The number of nitrogens with zero attached hydrogens (tertiary/aromatic N) is 1. The summed E-state index contributed by atoms with van der Waals surface area (Å²) >= 11 is 6.30. The van der Waals surface area contributed by atoms with Gasteiger partial charge in [0.05, 0.1) is 5.50 Å². The van der Waals surface area contributed by atoms with Crippen molar-refractivity contribution in [3.63, 3.8) is 0 Å². The molecule has 0 aromatic rings. The molecule has 0 spiro atoms. The Morgan fingerprint density at radius 1 is 1.42 bits per heavy atom. The Hall–Kier alpha value is 0.467. The van der Waals surface area contributed by atoms with Crippen LogP contribution in [-0.2, 0) is 0 Å². The van der Waals surface area contributed by atoms with Crippen molar-refractivity contribution in [1.29, 1.82) is 0 Å². The van der Waals surface area contributed by atoms with Gasteiger partial charge in [0.15, 0.2) is 0 Å². The van der Waals surface area contributed by atoms with Crippen LogP contribution >= 0.6 is 11.6 Å². The van der Waals surface area contributed by atoms with Crippen molar-refractivity contribution >= 4 is 21.1 Å². The summed E-state index contributed by atoms with van der Waals surface area (Å²) in [5.74, 6) is 0. The lowest BCUT2D eigenvalue weighted by Crippen LogP contribution is -2.35. The van der Waals surface area contributed by atoms with Gasteiger partial charge in [-0.05, 0) is 19.1 Å². The maximum Gasteiger partial charge on any atom is 0.0867 e. The van der Waals surface area contributed by atoms with Gasteiger partial charge >= 0.3 is 0 Å². The van der Waals surface area contributed by atoms with Gasteiger partial charge in [-0.1, -0.05) is 33.2 Å². The summed E-state index contributed by atoms with van der Waals surface area (Å²) < 4.78 is 0. The van der Waals surface area contributed by atoms with Crippen LogP contribution < -0.4 is 0 Å². The fraction of sp³-hybridized carbons (Fsp3) is 1.00. The third-order valence-electron chi connectivity index (χ3n) is 2.27. The van der Waals surface area contributed by atoms with Gasteiger partial charge in [-0.3, -0.25) is 4.90 Å². The lowest BCUT2D eigenvalue weighted by atomic mass is 10.2. The van der Waals surface area contributed by atoms with Crippen molar-refractivity contribution in [2.75, 3.05) is 14.1 Å². The van der Waals surface area contributed by atoms with Crippen LogP contribution in [0, 0.1) is 0 Å². The second-order valence-electron chi connectivity index (χ2n) is 4.39. The molecule has 1 unspecified atom stereocenters. The molecule has 0 saturated carbocycles. The third kappa shape index (κ3) is 3.92. The molecule has 74 valence electrons. The lowest BCUT2D eigenvalue weighted by molar-refractivity contribution is 0.320. The Morgan fingerprint density at radius 2 is 1.92 bits per heavy atom. The fourth-order valence-corrected chi connectivity index (χ4v) is 3.65. The number of alkyl halides is 1. The molecule has 1 nitrogen and oxygen atoms in total. The summed E-state index contributed by atoms with van der Waals surface area (Å²) in [6.45, 7) is 6.85. The molecule has 12 heavy (non-hydrogen) atoms. The van der Waals surface area contributed by atoms with Gasteiger partial charge in [-0.25, -0.2) is 0 Å². The normalized spacial score (nSPS) is 16.2. The van der Waals surface area contributed by atoms with Crippen LogP contribution in [0.15, 0.2) is 0 Å². The quantitative estimate of drug-likeness (QED) is 0.380. The highest BCUT2D eigenvalue weighted by molar-refractivity contribution is 6.43. The smallest absolute Gasteiger partial charge is 0.0867 e. The number of hydrogen-bond acceptors (Lipinski definition) is 1. The Morgan fingerprint density at radius 3 is 2.25 bits per heavy atom. The summed E-state index contributed by atoms with van der Waals surface area (Å²) in [7, 11) is 4.09. The van der Waals surface area contributed by atoms with Gasteiger partial charge in [-0.15, -0.1) is 11.6 Å². The molecule has 0 aliphatic rings. The predicted molar refractivity (Wildman–Crippen MR) is 61.0 cm³/mol. The molecule has 1 atom stereocenters. The summed E-state index contributed by atoms with van der Waals surface area (Å²) in [4.78, 5) is 2.12. The van der Waals surface area contributed by atoms with Crippen molar-refractivity contribution in [2.24, 2.45) is 0 Å². The largest absolute Gasteiger partial charge is 0.293 e. The van der Waals surface area contributed by atoms with Gasteiger partial charge in [0, 0.05) is 9.52 Å². The van der Waals surface area contributed by atoms with Crippen molar-refractivity contribution < 1.29 is 0 Å². The first kappa shape index (κ1) is 12.5. The molecule has 0 aromatic carbocycles. The highest BCUT2D eigenvalue weighted by Gasteiger charge is 2.28.